The first-order chi connectivity index (χ1) is 14.8. The molecule has 3 N–H and O–H groups in total. The van der Waals surface area contributed by atoms with Crippen molar-refractivity contribution < 1.29 is 29.0 Å². The number of ether oxygens (including phenoxy) is 2. The van der Waals surface area contributed by atoms with Gasteiger partial charge in [-0.05, 0) is 31.2 Å². The van der Waals surface area contributed by atoms with Crippen molar-refractivity contribution in [2.75, 3.05) is 33.2 Å². The maximum Gasteiger partial charge on any atom is 0.320 e. The molecule has 1 aromatic rings. The van der Waals surface area contributed by atoms with Crippen LogP contribution in [-0.4, -0.2) is 84.2 Å². The van der Waals surface area contributed by atoms with E-state index < -0.39 is 42.0 Å². The van der Waals surface area contributed by atoms with Crippen LogP contribution < -0.4 is 10.5 Å². The van der Waals surface area contributed by atoms with Gasteiger partial charge < -0.3 is 30.1 Å². The molecule has 2 fully saturated rings. The first kappa shape index (κ1) is 21.5. The predicted octanol–water partition coefficient (Wildman–Crippen LogP) is -0.110. The molecular formula is C22H27N3O6. The van der Waals surface area contributed by atoms with Crippen molar-refractivity contribution in [3.63, 3.8) is 0 Å². The van der Waals surface area contributed by atoms with E-state index in [0.717, 1.165) is 18.7 Å². The van der Waals surface area contributed by atoms with E-state index in [9.17, 15) is 14.4 Å². The summed E-state index contributed by atoms with van der Waals surface area (Å²) in [6, 6.07) is 5.56. The van der Waals surface area contributed by atoms with Crippen molar-refractivity contribution in [2.24, 2.45) is 17.6 Å². The van der Waals surface area contributed by atoms with Crippen LogP contribution in [0.3, 0.4) is 0 Å². The zero-order valence-corrected chi connectivity index (χ0v) is 17.3. The Labute approximate surface area is 180 Å². The fourth-order valence-corrected chi connectivity index (χ4v) is 4.34. The van der Waals surface area contributed by atoms with Crippen LogP contribution in [0, 0.1) is 11.8 Å². The first-order valence-corrected chi connectivity index (χ1v) is 10.4. The minimum atomic E-state index is -1.07. The van der Waals surface area contributed by atoms with Gasteiger partial charge in [-0.1, -0.05) is 24.3 Å². The average Bonchev–Trinajstić information content (AvgIpc) is 3.37. The lowest BCUT2D eigenvalue weighted by atomic mass is 9.82. The number of rotatable bonds is 6. The summed E-state index contributed by atoms with van der Waals surface area (Å²) in [7, 11) is 2.02. The van der Waals surface area contributed by atoms with Crippen LogP contribution in [0.1, 0.15) is 5.56 Å². The molecule has 3 heterocycles. The van der Waals surface area contributed by atoms with E-state index in [1.807, 2.05) is 24.1 Å². The smallest absolute Gasteiger partial charge is 0.320 e. The van der Waals surface area contributed by atoms with Crippen molar-refractivity contribution in [3.05, 3.63) is 42.0 Å². The molecule has 1 amide bonds. The zero-order chi connectivity index (χ0) is 22.1. The van der Waals surface area contributed by atoms with E-state index in [1.165, 1.54) is 0 Å². The number of carboxylic acids is 1. The summed E-state index contributed by atoms with van der Waals surface area (Å²) in [5, 5.41) is 8.92. The van der Waals surface area contributed by atoms with E-state index in [0.29, 0.717) is 18.8 Å². The Kier molecular flexibility index (Phi) is 6.08. The van der Waals surface area contributed by atoms with E-state index in [4.69, 9.17) is 20.3 Å². The number of benzene rings is 1. The molecule has 2 bridgehead atoms. The number of amides is 1. The minimum absolute atomic E-state index is 0.0649. The normalized spacial score (nSPS) is 28.5. The Morgan fingerprint density at radius 3 is 2.32 bits per heavy atom. The van der Waals surface area contributed by atoms with E-state index in [-0.39, 0.29) is 12.3 Å². The number of esters is 1. The number of carboxylic acid groups (broad SMARTS) is 1. The van der Waals surface area contributed by atoms with Gasteiger partial charge in [0.25, 0.3) is 0 Å². The molecule has 3 aliphatic heterocycles. The first-order valence-electron chi connectivity index (χ1n) is 10.4. The zero-order valence-electron chi connectivity index (χ0n) is 17.3. The summed E-state index contributed by atoms with van der Waals surface area (Å²) in [6.45, 7) is 2.87. The van der Waals surface area contributed by atoms with Crippen LogP contribution in [0.4, 0.5) is 0 Å². The summed E-state index contributed by atoms with van der Waals surface area (Å²) >= 11 is 0. The van der Waals surface area contributed by atoms with Crippen LogP contribution in [0.15, 0.2) is 36.4 Å². The number of carbonyl (C=O) groups excluding carboxylic acids is 2. The molecule has 0 saturated carbocycles. The standard InChI is InChI=1S/C22H27N3O6/c1-24-8-10-25(11-9-24)20(26)18-16-6-7-17(31-16)19(18)22(29)30-14-4-2-13(3-5-14)12-15(23)21(27)28/h2-7,15-19H,8-12,23H2,1H3,(H,27,28). The Morgan fingerprint density at radius 2 is 1.71 bits per heavy atom. The topological polar surface area (TPSA) is 122 Å². The molecule has 1 aromatic carbocycles. The van der Waals surface area contributed by atoms with Crippen molar-refractivity contribution in [3.8, 4) is 5.75 Å². The molecule has 9 nitrogen and oxygen atoms in total. The lowest BCUT2D eigenvalue weighted by Crippen LogP contribution is -2.52. The fourth-order valence-electron chi connectivity index (χ4n) is 4.34. The number of likely N-dealkylation sites (N-methyl/N-ethyl adjacent to an activating group) is 1. The van der Waals surface area contributed by atoms with Gasteiger partial charge in [-0.2, -0.15) is 0 Å². The lowest BCUT2D eigenvalue weighted by Gasteiger charge is -2.35. The van der Waals surface area contributed by atoms with Gasteiger partial charge in [-0.3, -0.25) is 14.4 Å². The van der Waals surface area contributed by atoms with Crippen molar-refractivity contribution in [1.82, 2.24) is 9.80 Å². The maximum absolute atomic E-state index is 13.2. The second-order valence-corrected chi connectivity index (χ2v) is 8.34. The Hall–Kier alpha value is -2.75. The van der Waals surface area contributed by atoms with Crippen LogP contribution in [0.25, 0.3) is 0 Å². The molecule has 9 heteroatoms. The summed E-state index contributed by atoms with van der Waals surface area (Å²) in [6.07, 6.45) is 2.98. The monoisotopic (exact) mass is 429 g/mol. The molecule has 0 aliphatic carbocycles. The summed E-state index contributed by atoms with van der Waals surface area (Å²) < 4.78 is 11.4. The fraction of sp³-hybridized carbons (Fsp3) is 0.500. The highest BCUT2D eigenvalue weighted by Crippen LogP contribution is 2.41. The SMILES string of the molecule is CN1CCN(C(=O)C2C3C=CC(O3)C2C(=O)Oc2ccc(CC(N)C(=O)O)cc2)CC1. The Bertz CT molecular complexity index is 878. The van der Waals surface area contributed by atoms with E-state index in [1.54, 1.807) is 24.3 Å². The third kappa shape index (κ3) is 4.48. The van der Waals surface area contributed by atoms with Crippen molar-refractivity contribution >= 4 is 17.8 Å². The summed E-state index contributed by atoms with van der Waals surface area (Å²) in [4.78, 5) is 41.1. The van der Waals surface area contributed by atoms with Crippen molar-refractivity contribution in [2.45, 2.75) is 24.7 Å². The summed E-state index contributed by atoms with van der Waals surface area (Å²) in [5.74, 6) is -2.59. The Balaban J connectivity index is 1.42. The Morgan fingerprint density at radius 1 is 1.10 bits per heavy atom. The molecule has 5 unspecified atom stereocenters. The van der Waals surface area contributed by atoms with Crippen molar-refractivity contribution in [1.29, 1.82) is 0 Å². The van der Waals surface area contributed by atoms with Gasteiger partial charge >= 0.3 is 11.9 Å². The largest absolute Gasteiger partial charge is 0.480 e. The molecule has 0 radical (unpaired) electrons. The highest BCUT2D eigenvalue weighted by atomic mass is 16.5. The van der Waals surface area contributed by atoms with E-state index >= 15 is 0 Å². The van der Waals surface area contributed by atoms with Gasteiger partial charge in [-0.25, -0.2) is 0 Å². The number of nitrogens with two attached hydrogens (primary N) is 1. The van der Waals surface area contributed by atoms with Crippen LogP contribution in [0.5, 0.6) is 5.75 Å². The van der Waals surface area contributed by atoms with Gasteiger partial charge in [0, 0.05) is 26.2 Å². The van der Waals surface area contributed by atoms with Gasteiger partial charge in [-0.15, -0.1) is 0 Å². The van der Waals surface area contributed by atoms with Gasteiger partial charge in [0.2, 0.25) is 5.91 Å². The molecule has 31 heavy (non-hydrogen) atoms. The number of aliphatic carboxylic acids is 1. The molecule has 5 atom stereocenters. The summed E-state index contributed by atoms with van der Waals surface area (Å²) in [5.41, 5.74) is 6.28. The maximum atomic E-state index is 13.2. The third-order valence-electron chi connectivity index (χ3n) is 6.19. The quantitative estimate of drug-likeness (QED) is 0.365. The third-order valence-corrected chi connectivity index (χ3v) is 6.19. The number of fused-ring (bicyclic) bond motifs is 2. The number of carbonyl (C=O) groups is 3. The van der Waals surface area contributed by atoms with Crippen LogP contribution in [-0.2, 0) is 25.5 Å². The highest BCUT2D eigenvalue weighted by Gasteiger charge is 2.54. The predicted molar refractivity (Wildman–Crippen MR) is 110 cm³/mol. The number of piperazine rings is 1. The van der Waals surface area contributed by atoms with Gasteiger partial charge in [0.15, 0.2) is 0 Å². The van der Waals surface area contributed by atoms with Gasteiger partial charge in [0.05, 0.1) is 18.1 Å². The second-order valence-electron chi connectivity index (χ2n) is 8.34. The molecular weight excluding hydrogens is 402 g/mol. The molecule has 0 spiro atoms. The number of nitrogens with zero attached hydrogens (tertiary/aromatic N) is 2. The molecule has 166 valence electrons. The van der Waals surface area contributed by atoms with Crippen LogP contribution in [0.2, 0.25) is 0 Å². The molecule has 0 aromatic heterocycles. The second kappa shape index (κ2) is 8.78. The lowest BCUT2D eigenvalue weighted by molar-refractivity contribution is -0.148. The number of hydrogen-bond donors (Lipinski definition) is 2. The highest BCUT2D eigenvalue weighted by molar-refractivity contribution is 5.89. The average molecular weight is 429 g/mol. The van der Waals surface area contributed by atoms with E-state index in [2.05, 4.69) is 4.90 Å². The molecule has 3 aliphatic rings. The van der Waals surface area contributed by atoms with Gasteiger partial charge in [0.1, 0.15) is 17.7 Å². The molecule has 2 saturated heterocycles. The number of hydrogen-bond acceptors (Lipinski definition) is 7. The minimum Gasteiger partial charge on any atom is -0.480 e. The molecule has 4 rings (SSSR count). The van der Waals surface area contributed by atoms with Crippen LogP contribution >= 0.6 is 0 Å².